The fourth-order valence-electron chi connectivity index (χ4n) is 0.671. The van der Waals surface area contributed by atoms with Crippen LogP contribution in [0.1, 0.15) is 20.3 Å². The summed E-state index contributed by atoms with van der Waals surface area (Å²) >= 11 is 0. The van der Waals surface area contributed by atoms with E-state index in [-0.39, 0.29) is 12.3 Å². The van der Waals surface area contributed by atoms with Crippen LogP contribution in [0.4, 0.5) is 0 Å². The van der Waals surface area contributed by atoms with Gasteiger partial charge in [0.1, 0.15) is 5.60 Å². The summed E-state index contributed by atoms with van der Waals surface area (Å²) in [6.07, 6.45) is 0.666. The molecular weight excluding hydrogens is 130 g/mol. The van der Waals surface area contributed by atoms with Crippen LogP contribution >= 0.6 is 0 Å². The molecule has 3 heteroatoms. The third kappa shape index (κ3) is 1.78. The van der Waals surface area contributed by atoms with Gasteiger partial charge >= 0.3 is 0 Å². The second-order valence-electron chi connectivity index (χ2n) is 2.42. The maximum absolute atomic E-state index is 11.0. The van der Waals surface area contributed by atoms with Crippen LogP contribution in [0.5, 0.6) is 0 Å². The van der Waals surface area contributed by atoms with Gasteiger partial charge in [0.05, 0.1) is 6.54 Å². The van der Waals surface area contributed by atoms with Gasteiger partial charge in [-0.2, -0.15) is 0 Å². The first-order chi connectivity index (χ1) is 4.60. The minimum Gasteiger partial charge on any atom is -0.371 e. The molecule has 60 valence electrons. The molecular formula is C7H15NO2. The molecule has 3 nitrogen and oxygen atoms in total. The molecule has 0 rings (SSSR count). The lowest BCUT2D eigenvalue weighted by Gasteiger charge is -2.23. The maximum Gasteiger partial charge on any atom is 0.177 e. The number of hydrogen-bond acceptors (Lipinski definition) is 3. The highest BCUT2D eigenvalue weighted by Gasteiger charge is 2.28. The number of nitrogens with two attached hydrogens (primary N) is 1. The number of carbonyl (C=O) groups is 1. The van der Waals surface area contributed by atoms with Crippen LogP contribution in [0.15, 0.2) is 0 Å². The van der Waals surface area contributed by atoms with Crippen LogP contribution in [0, 0.1) is 0 Å². The normalized spacial score (nSPS) is 16.4. The smallest absolute Gasteiger partial charge is 0.177 e. The number of hydrogen-bond donors (Lipinski definition) is 1. The summed E-state index contributed by atoms with van der Waals surface area (Å²) in [5, 5.41) is 0. The molecule has 1 unspecified atom stereocenters. The minimum absolute atomic E-state index is 0.0440. The molecule has 0 aromatic heterocycles. The van der Waals surface area contributed by atoms with Crippen LogP contribution in [0.3, 0.4) is 0 Å². The van der Waals surface area contributed by atoms with Gasteiger partial charge in [-0.25, -0.2) is 0 Å². The van der Waals surface area contributed by atoms with Gasteiger partial charge in [0, 0.05) is 7.11 Å². The molecule has 0 aliphatic carbocycles. The highest BCUT2D eigenvalue weighted by Crippen LogP contribution is 2.13. The molecule has 0 aromatic rings. The third-order valence-corrected chi connectivity index (χ3v) is 1.90. The molecule has 0 saturated heterocycles. The molecule has 1 atom stereocenters. The van der Waals surface area contributed by atoms with E-state index in [1.165, 1.54) is 7.11 Å². The lowest BCUT2D eigenvalue weighted by atomic mass is 9.98. The minimum atomic E-state index is -0.672. The number of rotatable bonds is 4. The van der Waals surface area contributed by atoms with E-state index in [0.29, 0.717) is 6.42 Å². The Bertz CT molecular complexity index is 119. The fraction of sp³-hybridized carbons (Fsp3) is 0.857. The van der Waals surface area contributed by atoms with Crippen molar-refractivity contribution in [3.63, 3.8) is 0 Å². The van der Waals surface area contributed by atoms with Crippen LogP contribution in [-0.2, 0) is 9.53 Å². The van der Waals surface area contributed by atoms with Crippen molar-refractivity contribution in [2.45, 2.75) is 25.9 Å². The molecule has 0 heterocycles. The molecule has 0 bridgehead atoms. The van der Waals surface area contributed by atoms with Crippen molar-refractivity contribution in [1.82, 2.24) is 0 Å². The van der Waals surface area contributed by atoms with Gasteiger partial charge in [-0.3, -0.25) is 4.79 Å². The predicted octanol–water partition coefficient (Wildman–Crippen LogP) is 0.329. The molecule has 0 fully saturated rings. The Hall–Kier alpha value is -0.410. The lowest BCUT2D eigenvalue weighted by molar-refractivity contribution is -0.137. The number of Topliss-reactive ketones (excluding diaryl/α,β-unsaturated/α-hetero) is 1. The van der Waals surface area contributed by atoms with Crippen molar-refractivity contribution in [3.8, 4) is 0 Å². The summed E-state index contributed by atoms with van der Waals surface area (Å²) in [5.74, 6) is -0.0440. The molecule has 0 aromatic carbocycles. The number of methoxy groups -OCH3 is 1. The average Bonchev–Trinajstić information content (AvgIpc) is 2.01. The third-order valence-electron chi connectivity index (χ3n) is 1.90. The zero-order chi connectivity index (χ0) is 8.20. The second kappa shape index (κ2) is 3.68. The zero-order valence-electron chi connectivity index (χ0n) is 6.81. The van der Waals surface area contributed by atoms with Gasteiger partial charge in [-0.15, -0.1) is 0 Å². The van der Waals surface area contributed by atoms with Gasteiger partial charge < -0.3 is 10.5 Å². The van der Waals surface area contributed by atoms with Gasteiger partial charge in [0.15, 0.2) is 5.78 Å². The van der Waals surface area contributed by atoms with E-state index in [1.807, 2.05) is 6.92 Å². The highest BCUT2D eigenvalue weighted by molar-refractivity contribution is 5.88. The summed E-state index contributed by atoms with van der Waals surface area (Å²) in [6.45, 7) is 3.71. The number of ether oxygens (including phenoxy) is 1. The largest absolute Gasteiger partial charge is 0.371 e. The average molecular weight is 145 g/mol. The Kier molecular flexibility index (Phi) is 3.53. The van der Waals surface area contributed by atoms with Gasteiger partial charge in [-0.1, -0.05) is 6.92 Å². The molecule has 0 aliphatic heterocycles. The monoisotopic (exact) mass is 145 g/mol. The molecule has 2 N–H and O–H groups in total. The van der Waals surface area contributed by atoms with E-state index in [0.717, 1.165) is 0 Å². The van der Waals surface area contributed by atoms with Crippen molar-refractivity contribution in [2.24, 2.45) is 5.73 Å². The number of ketones is 1. The van der Waals surface area contributed by atoms with E-state index < -0.39 is 5.60 Å². The Labute approximate surface area is 61.5 Å². The topological polar surface area (TPSA) is 52.3 Å². The quantitative estimate of drug-likeness (QED) is 0.620. The Morgan fingerprint density at radius 3 is 2.30 bits per heavy atom. The van der Waals surface area contributed by atoms with E-state index >= 15 is 0 Å². The molecule has 10 heavy (non-hydrogen) atoms. The summed E-state index contributed by atoms with van der Waals surface area (Å²) in [7, 11) is 1.52. The summed E-state index contributed by atoms with van der Waals surface area (Å²) in [5.41, 5.74) is 4.51. The molecule has 0 aliphatic rings. The van der Waals surface area contributed by atoms with Gasteiger partial charge in [-0.05, 0) is 13.3 Å². The summed E-state index contributed by atoms with van der Waals surface area (Å²) < 4.78 is 5.01. The molecule has 0 radical (unpaired) electrons. The second-order valence-corrected chi connectivity index (χ2v) is 2.42. The first kappa shape index (κ1) is 9.59. The molecule has 0 amide bonds. The van der Waals surface area contributed by atoms with Gasteiger partial charge in [0.25, 0.3) is 0 Å². The zero-order valence-corrected chi connectivity index (χ0v) is 6.81. The summed E-state index contributed by atoms with van der Waals surface area (Å²) in [4.78, 5) is 11.0. The van der Waals surface area contributed by atoms with Crippen molar-refractivity contribution in [3.05, 3.63) is 0 Å². The Morgan fingerprint density at radius 1 is 1.70 bits per heavy atom. The van der Waals surface area contributed by atoms with Crippen molar-refractivity contribution in [2.75, 3.05) is 13.7 Å². The standard InChI is InChI=1S/C7H15NO2/c1-4-7(2,10-3)6(9)5-8/h4-5,8H2,1-3H3. The summed E-state index contributed by atoms with van der Waals surface area (Å²) in [6, 6.07) is 0. The lowest BCUT2D eigenvalue weighted by Crippen LogP contribution is -2.40. The van der Waals surface area contributed by atoms with Crippen LogP contribution in [0.25, 0.3) is 0 Å². The van der Waals surface area contributed by atoms with Crippen LogP contribution in [-0.4, -0.2) is 25.0 Å². The Morgan fingerprint density at radius 2 is 2.20 bits per heavy atom. The molecule has 0 spiro atoms. The highest BCUT2D eigenvalue weighted by atomic mass is 16.5. The van der Waals surface area contributed by atoms with E-state index in [9.17, 15) is 4.79 Å². The molecule has 0 saturated carbocycles. The maximum atomic E-state index is 11.0. The van der Waals surface area contributed by atoms with Crippen LogP contribution < -0.4 is 5.73 Å². The van der Waals surface area contributed by atoms with Crippen molar-refractivity contribution < 1.29 is 9.53 Å². The van der Waals surface area contributed by atoms with E-state index in [2.05, 4.69) is 0 Å². The van der Waals surface area contributed by atoms with Crippen LogP contribution in [0.2, 0.25) is 0 Å². The Balaban J connectivity index is 4.17. The van der Waals surface area contributed by atoms with E-state index in [1.54, 1.807) is 6.92 Å². The van der Waals surface area contributed by atoms with Gasteiger partial charge in [0.2, 0.25) is 0 Å². The first-order valence-electron chi connectivity index (χ1n) is 3.39. The first-order valence-corrected chi connectivity index (χ1v) is 3.39. The van der Waals surface area contributed by atoms with E-state index in [4.69, 9.17) is 10.5 Å². The number of carbonyl (C=O) groups excluding carboxylic acids is 1. The fourth-order valence-corrected chi connectivity index (χ4v) is 0.671. The SMILES string of the molecule is CCC(C)(OC)C(=O)CN. The predicted molar refractivity (Wildman–Crippen MR) is 39.8 cm³/mol. The van der Waals surface area contributed by atoms with Crippen molar-refractivity contribution >= 4 is 5.78 Å². The van der Waals surface area contributed by atoms with Crippen molar-refractivity contribution in [1.29, 1.82) is 0 Å².